The maximum absolute atomic E-state index is 13.1. The summed E-state index contributed by atoms with van der Waals surface area (Å²) in [5.74, 6) is 0.586. The van der Waals surface area contributed by atoms with Gasteiger partial charge in [-0.05, 0) is 56.8 Å². The summed E-state index contributed by atoms with van der Waals surface area (Å²) in [7, 11) is 1.95. The molecule has 2 aromatic carbocycles. The zero-order valence-corrected chi connectivity index (χ0v) is 16.2. The third-order valence-electron chi connectivity index (χ3n) is 5.02. The number of rotatable bonds is 4. The van der Waals surface area contributed by atoms with Crippen molar-refractivity contribution in [3.63, 3.8) is 0 Å². The van der Waals surface area contributed by atoms with Crippen LogP contribution in [0, 0.1) is 12.7 Å². The van der Waals surface area contributed by atoms with Crippen LogP contribution in [-0.2, 0) is 0 Å². The minimum atomic E-state index is -0.314. The summed E-state index contributed by atoms with van der Waals surface area (Å²) in [6.45, 7) is 2.66. The fraction of sp³-hybridized carbons (Fsp3) is 0.286. The monoisotopic (exact) mass is 395 g/mol. The summed E-state index contributed by atoms with van der Waals surface area (Å²) >= 11 is 0. The Kier molecular flexibility index (Phi) is 5.26. The van der Waals surface area contributed by atoms with Gasteiger partial charge in [0.15, 0.2) is 0 Å². The third kappa shape index (κ3) is 4.43. The summed E-state index contributed by atoms with van der Waals surface area (Å²) in [5, 5.41) is 9.85. The van der Waals surface area contributed by atoms with Crippen molar-refractivity contribution in [1.29, 1.82) is 0 Å². The van der Waals surface area contributed by atoms with Gasteiger partial charge in [-0.1, -0.05) is 22.9 Å². The SMILES string of the molecule is Cc1ccc(NC(=O)NC2CC(c3nc(-c4ccc(F)cc4)no3)N(C)C2)cc1. The molecule has 3 aromatic rings. The number of urea groups is 1. The van der Waals surface area contributed by atoms with Gasteiger partial charge in [-0.15, -0.1) is 0 Å². The second kappa shape index (κ2) is 8.00. The Morgan fingerprint density at radius 1 is 1.17 bits per heavy atom. The number of nitrogens with one attached hydrogen (secondary N) is 2. The molecule has 0 aliphatic carbocycles. The van der Waals surface area contributed by atoms with Crippen molar-refractivity contribution in [2.75, 3.05) is 18.9 Å². The predicted molar refractivity (Wildman–Crippen MR) is 107 cm³/mol. The second-order valence-corrected chi connectivity index (χ2v) is 7.32. The predicted octanol–water partition coefficient (Wildman–Crippen LogP) is 3.75. The Morgan fingerprint density at radius 3 is 2.62 bits per heavy atom. The summed E-state index contributed by atoms with van der Waals surface area (Å²) in [5.41, 5.74) is 2.57. The number of likely N-dealkylation sites (tertiary alicyclic amines) is 1. The number of halogens is 1. The molecule has 29 heavy (non-hydrogen) atoms. The van der Waals surface area contributed by atoms with Gasteiger partial charge >= 0.3 is 6.03 Å². The molecular formula is C21H22FN5O2. The van der Waals surface area contributed by atoms with Crippen LogP contribution >= 0.6 is 0 Å². The second-order valence-electron chi connectivity index (χ2n) is 7.32. The van der Waals surface area contributed by atoms with Crippen molar-refractivity contribution in [1.82, 2.24) is 20.4 Å². The van der Waals surface area contributed by atoms with E-state index >= 15 is 0 Å². The van der Waals surface area contributed by atoms with Crippen LogP contribution in [0.25, 0.3) is 11.4 Å². The van der Waals surface area contributed by atoms with Gasteiger partial charge in [-0.25, -0.2) is 9.18 Å². The van der Waals surface area contributed by atoms with Gasteiger partial charge < -0.3 is 15.2 Å². The van der Waals surface area contributed by atoms with Crippen LogP contribution in [0.3, 0.4) is 0 Å². The zero-order chi connectivity index (χ0) is 20.4. The van der Waals surface area contributed by atoms with Gasteiger partial charge in [0.1, 0.15) is 5.82 Å². The molecule has 2 atom stereocenters. The normalized spacial score (nSPS) is 19.3. The Labute approximate surface area is 167 Å². The maximum Gasteiger partial charge on any atom is 0.319 e. The molecule has 2 heterocycles. The van der Waals surface area contributed by atoms with Gasteiger partial charge in [-0.2, -0.15) is 4.98 Å². The van der Waals surface area contributed by atoms with Crippen LogP contribution in [0.5, 0.6) is 0 Å². The fourth-order valence-electron chi connectivity index (χ4n) is 3.47. The number of hydrogen-bond acceptors (Lipinski definition) is 5. The van der Waals surface area contributed by atoms with Gasteiger partial charge in [0, 0.05) is 23.8 Å². The zero-order valence-electron chi connectivity index (χ0n) is 16.2. The van der Waals surface area contributed by atoms with Gasteiger partial charge in [0.25, 0.3) is 0 Å². The van der Waals surface area contributed by atoms with E-state index in [9.17, 15) is 9.18 Å². The van der Waals surface area contributed by atoms with Gasteiger partial charge in [0.2, 0.25) is 11.7 Å². The number of aromatic nitrogens is 2. The topological polar surface area (TPSA) is 83.3 Å². The number of aryl methyl sites for hydroxylation is 1. The van der Waals surface area contributed by atoms with Crippen molar-refractivity contribution in [2.45, 2.75) is 25.4 Å². The molecule has 0 radical (unpaired) electrons. The highest BCUT2D eigenvalue weighted by Gasteiger charge is 2.35. The number of hydrogen-bond donors (Lipinski definition) is 2. The van der Waals surface area contributed by atoms with E-state index in [1.165, 1.54) is 12.1 Å². The van der Waals surface area contributed by atoms with Crippen LogP contribution in [0.15, 0.2) is 53.1 Å². The molecule has 4 rings (SSSR count). The highest BCUT2D eigenvalue weighted by Crippen LogP contribution is 2.31. The molecule has 8 heteroatoms. The quantitative estimate of drug-likeness (QED) is 0.703. The van der Waals surface area contributed by atoms with Crippen molar-refractivity contribution >= 4 is 11.7 Å². The summed E-state index contributed by atoms with van der Waals surface area (Å²) in [6.07, 6.45) is 0.656. The van der Waals surface area contributed by atoms with Crippen LogP contribution in [-0.4, -0.2) is 40.7 Å². The standard InChI is InChI=1S/C21H22FN5O2/c1-13-3-9-16(10-4-13)23-21(28)24-17-11-18(27(2)12-17)20-25-19(26-29-20)14-5-7-15(22)8-6-14/h3-10,17-18H,11-12H2,1-2H3,(H2,23,24,28). The molecule has 1 fully saturated rings. The molecule has 0 spiro atoms. The lowest BCUT2D eigenvalue weighted by Crippen LogP contribution is -2.39. The van der Waals surface area contributed by atoms with E-state index in [2.05, 4.69) is 25.7 Å². The number of anilines is 1. The molecule has 1 aliphatic rings. The molecule has 0 bridgehead atoms. The van der Waals surface area contributed by atoms with Crippen molar-refractivity contribution in [3.05, 3.63) is 65.8 Å². The Bertz CT molecular complexity index is 987. The first-order valence-electron chi connectivity index (χ1n) is 9.42. The first-order valence-corrected chi connectivity index (χ1v) is 9.42. The molecular weight excluding hydrogens is 373 g/mol. The van der Waals surface area contributed by atoms with Crippen LogP contribution in [0.4, 0.5) is 14.9 Å². The average molecular weight is 395 g/mol. The largest absolute Gasteiger partial charge is 0.337 e. The van der Waals surface area contributed by atoms with Crippen LogP contribution < -0.4 is 10.6 Å². The van der Waals surface area contributed by atoms with E-state index in [0.717, 1.165) is 11.3 Å². The fourth-order valence-corrected chi connectivity index (χ4v) is 3.47. The number of nitrogens with zero attached hydrogens (tertiary/aromatic N) is 3. The number of likely N-dealkylation sites (N-methyl/N-ethyl adjacent to an activating group) is 1. The minimum Gasteiger partial charge on any atom is -0.337 e. The number of carbonyl (C=O) groups excluding carboxylic acids is 1. The Morgan fingerprint density at radius 2 is 1.90 bits per heavy atom. The molecule has 1 aliphatic heterocycles. The molecule has 1 aromatic heterocycles. The Balaban J connectivity index is 1.38. The lowest BCUT2D eigenvalue weighted by molar-refractivity contribution is 0.243. The number of carbonyl (C=O) groups is 1. The van der Waals surface area contributed by atoms with Crippen LogP contribution in [0.2, 0.25) is 0 Å². The van der Waals surface area contributed by atoms with E-state index < -0.39 is 0 Å². The van der Waals surface area contributed by atoms with Crippen molar-refractivity contribution in [2.24, 2.45) is 0 Å². The van der Waals surface area contributed by atoms with Gasteiger partial charge in [0.05, 0.1) is 6.04 Å². The molecule has 2 N–H and O–H groups in total. The molecule has 7 nitrogen and oxygen atoms in total. The van der Waals surface area contributed by atoms with E-state index in [4.69, 9.17) is 4.52 Å². The summed E-state index contributed by atoms with van der Waals surface area (Å²) in [6, 6.07) is 13.2. The first kappa shape index (κ1) is 19.1. The number of benzene rings is 2. The Hall–Kier alpha value is -3.26. The molecule has 150 valence electrons. The molecule has 2 amide bonds. The molecule has 0 saturated carbocycles. The van der Waals surface area contributed by atoms with E-state index in [0.29, 0.717) is 30.2 Å². The minimum absolute atomic E-state index is 0.0448. The van der Waals surface area contributed by atoms with Crippen molar-refractivity contribution in [3.8, 4) is 11.4 Å². The third-order valence-corrected chi connectivity index (χ3v) is 5.02. The highest BCUT2D eigenvalue weighted by atomic mass is 19.1. The van der Waals surface area contributed by atoms with Gasteiger partial charge in [-0.3, -0.25) is 4.90 Å². The average Bonchev–Trinajstić information content (AvgIpc) is 3.31. The molecule has 1 saturated heterocycles. The van der Waals surface area contributed by atoms with E-state index in [1.54, 1.807) is 12.1 Å². The highest BCUT2D eigenvalue weighted by molar-refractivity contribution is 5.89. The smallest absolute Gasteiger partial charge is 0.319 e. The molecule has 2 unspecified atom stereocenters. The number of amides is 2. The maximum atomic E-state index is 13.1. The lowest BCUT2D eigenvalue weighted by Gasteiger charge is -2.14. The summed E-state index contributed by atoms with van der Waals surface area (Å²) < 4.78 is 18.5. The lowest BCUT2D eigenvalue weighted by atomic mass is 10.1. The van der Waals surface area contributed by atoms with E-state index in [1.807, 2.05) is 38.2 Å². The van der Waals surface area contributed by atoms with Crippen molar-refractivity contribution < 1.29 is 13.7 Å². The van der Waals surface area contributed by atoms with Crippen LogP contribution in [0.1, 0.15) is 23.9 Å². The summed E-state index contributed by atoms with van der Waals surface area (Å²) in [4.78, 5) is 18.8. The van der Waals surface area contributed by atoms with E-state index in [-0.39, 0.29) is 23.9 Å². The first-order chi connectivity index (χ1) is 14.0.